The van der Waals surface area contributed by atoms with Crippen molar-refractivity contribution in [3.63, 3.8) is 0 Å². The summed E-state index contributed by atoms with van der Waals surface area (Å²) in [5.41, 5.74) is 0.679. The lowest BCUT2D eigenvalue weighted by Crippen LogP contribution is -2.10. The highest BCUT2D eigenvalue weighted by molar-refractivity contribution is 7.90. The van der Waals surface area contributed by atoms with Crippen LogP contribution in [0.15, 0.2) is 23.1 Å². The number of aliphatic hydroxyl groups is 1. The Morgan fingerprint density at radius 1 is 1.47 bits per heavy atom. The van der Waals surface area contributed by atoms with Gasteiger partial charge in [-0.2, -0.15) is 0 Å². The van der Waals surface area contributed by atoms with Crippen LogP contribution in [0.2, 0.25) is 5.02 Å². The molecule has 1 fully saturated rings. The fraction of sp³-hybridized carbons (Fsp3) is 0.417. The molecule has 0 unspecified atom stereocenters. The van der Waals surface area contributed by atoms with Crippen LogP contribution >= 0.6 is 11.6 Å². The predicted molar refractivity (Wildman–Crippen MR) is 66.7 cm³/mol. The van der Waals surface area contributed by atoms with Crippen LogP contribution in [0.3, 0.4) is 0 Å². The average molecular weight is 274 g/mol. The zero-order chi connectivity index (χ0) is 12.6. The molecule has 1 aromatic rings. The minimum atomic E-state index is -3.24. The summed E-state index contributed by atoms with van der Waals surface area (Å²) in [6.45, 7) is 0. The molecule has 17 heavy (non-hydrogen) atoms. The largest absolute Gasteiger partial charge is 0.392 e. The molecule has 0 saturated heterocycles. The second-order valence-corrected chi connectivity index (χ2v) is 6.87. The Balaban J connectivity index is 2.19. The van der Waals surface area contributed by atoms with Crippen molar-refractivity contribution in [2.24, 2.45) is 5.92 Å². The number of aliphatic hydroxyl groups excluding tert-OH is 1. The number of hydrogen-bond acceptors (Lipinski definition) is 3. The fourth-order valence-corrected chi connectivity index (χ4v) is 2.59. The Morgan fingerprint density at radius 3 is 2.59 bits per heavy atom. The van der Waals surface area contributed by atoms with Gasteiger partial charge in [0.05, 0.1) is 11.0 Å². The molecule has 1 atom stereocenters. The molecule has 1 radical (unpaired) electrons. The van der Waals surface area contributed by atoms with Crippen LogP contribution in [-0.4, -0.2) is 25.9 Å². The highest BCUT2D eigenvalue weighted by Crippen LogP contribution is 2.35. The van der Waals surface area contributed by atoms with Gasteiger partial charge < -0.3 is 5.11 Å². The molecule has 1 aliphatic rings. The van der Waals surface area contributed by atoms with Crippen LogP contribution in [0.25, 0.3) is 0 Å². The Kier molecular flexibility index (Phi) is 3.48. The van der Waals surface area contributed by atoms with E-state index in [-0.39, 0.29) is 4.90 Å². The molecule has 1 aliphatic carbocycles. The third kappa shape index (κ3) is 3.21. The maximum absolute atomic E-state index is 11.3. The third-order valence-electron chi connectivity index (χ3n) is 2.86. The Labute approximate surface area is 106 Å². The van der Waals surface area contributed by atoms with Gasteiger partial charge in [0.25, 0.3) is 0 Å². The van der Waals surface area contributed by atoms with E-state index >= 15 is 0 Å². The van der Waals surface area contributed by atoms with Crippen molar-refractivity contribution in [3.05, 3.63) is 35.2 Å². The summed E-state index contributed by atoms with van der Waals surface area (Å²) in [7, 11) is -3.24. The van der Waals surface area contributed by atoms with Crippen LogP contribution in [0.4, 0.5) is 0 Å². The molecule has 0 bridgehead atoms. The van der Waals surface area contributed by atoms with Crippen LogP contribution < -0.4 is 0 Å². The van der Waals surface area contributed by atoms with Gasteiger partial charge in [-0.05, 0) is 36.5 Å². The van der Waals surface area contributed by atoms with Gasteiger partial charge >= 0.3 is 0 Å². The smallest absolute Gasteiger partial charge is 0.175 e. The lowest BCUT2D eigenvalue weighted by Gasteiger charge is -2.10. The number of sulfone groups is 1. The first-order valence-electron chi connectivity index (χ1n) is 5.40. The Bertz CT molecular complexity index is 521. The molecule has 1 N–H and O–H groups in total. The number of benzene rings is 1. The summed E-state index contributed by atoms with van der Waals surface area (Å²) in [6, 6.07) is 4.55. The van der Waals surface area contributed by atoms with Crippen molar-refractivity contribution in [1.82, 2.24) is 0 Å². The lowest BCUT2D eigenvalue weighted by atomic mass is 10.0. The monoisotopic (exact) mass is 273 g/mol. The first-order valence-corrected chi connectivity index (χ1v) is 7.67. The molecule has 93 valence electrons. The summed E-state index contributed by atoms with van der Waals surface area (Å²) in [5.74, 6) is 0.334. The highest BCUT2D eigenvalue weighted by atomic mass is 35.5. The van der Waals surface area contributed by atoms with Crippen LogP contribution in [-0.2, 0) is 9.84 Å². The maximum Gasteiger partial charge on any atom is 0.175 e. The third-order valence-corrected chi connectivity index (χ3v) is 4.29. The molecule has 5 heteroatoms. The van der Waals surface area contributed by atoms with Crippen molar-refractivity contribution >= 4 is 21.4 Å². The van der Waals surface area contributed by atoms with Crippen molar-refractivity contribution in [2.45, 2.75) is 23.8 Å². The summed E-state index contributed by atoms with van der Waals surface area (Å²) in [4.78, 5) is 0.195. The van der Waals surface area contributed by atoms with Crippen molar-refractivity contribution in [3.8, 4) is 0 Å². The zero-order valence-corrected chi connectivity index (χ0v) is 11.0. The van der Waals surface area contributed by atoms with Gasteiger partial charge in [0.2, 0.25) is 0 Å². The van der Waals surface area contributed by atoms with E-state index in [1.807, 2.05) is 0 Å². The van der Waals surface area contributed by atoms with E-state index in [2.05, 4.69) is 0 Å². The van der Waals surface area contributed by atoms with E-state index in [1.165, 1.54) is 12.1 Å². The first kappa shape index (κ1) is 12.9. The van der Waals surface area contributed by atoms with Crippen LogP contribution in [0.5, 0.6) is 0 Å². The van der Waals surface area contributed by atoms with Crippen LogP contribution in [0, 0.1) is 12.3 Å². The summed E-state index contributed by atoms with van der Waals surface area (Å²) in [5, 5.41) is 10.1. The van der Waals surface area contributed by atoms with E-state index in [1.54, 1.807) is 12.5 Å². The summed E-state index contributed by atoms with van der Waals surface area (Å²) < 4.78 is 22.6. The van der Waals surface area contributed by atoms with Gasteiger partial charge in [-0.1, -0.05) is 17.7 Å². The van der Waals surface area contributed by atoms with Gasteiger partial charge in [-0.3, -0.25) is 0 Å². The quantitative estimate of drug-likeness (QED) is 0.914. The zero-order valence-electron chi connectivity index (χ0n) is 9.43. The van der Waals surface area contributed by atoms with Gasteiger partial charge in [0.1, 0.15) is 0 Å². The predicted octanol–water partition coefficient (Wildman–Crippen LogP) is 2.07. The van der Waals surface area contributed by atoms with E-state index in [9.17, 15) is 13.5 Å². The Morgan fingerprint density at radius 2 is 2.12 bits per heavy atom. The number of rotatable bonds is 4. The first-order chi connectivity index (χ1) is 7.88. The van der Waals surface area contributed by atoms with Gasteiger partial charge in [0.15, 0.2) is 9.84 Å². The maximum atomic E-state index is 11.3. The van der Waals surface area contributed by atoms with Crippen molar-refractivity contribution in [2.75, 3.05) is 6.26 Å². The second kappa shape index (κ2) is 4.59. The van der Waals surface area contributed by atoms with Crippen molar-refractivity contribution in [1.29, 1.82) is 0 Å². The molecule has 3 nitrogen and oxygen atoms in total. The summed E-state index contributed by atoms with van der Waals surface area (Å²) >= 11 is 6.00. The molecule has 0 aromatic heterocycles. The summed E-state index contributed by atoms with van der Waals surface area (Å²) in [6.07, 6.45) is 4.41. The molecular weight excluding hydrogens is 260 g/mol. The van der Waals surface area contributed by atoms with E-state index < -0.39 is 15.9 Å². The Hall–Kier alpha value is -0.580. The molecule has 1 aromatic carbocycles. The second-order valence-electron chi connectivity index (χ2n) is 4.45. The highest BCUT2D eigenvalue weighted by Gasteiger charge is 2.30. The normalized spacial score (nSPS) is 18.1. The SMILES string of the molecule is CS(=O)(=O)c1ccc([CH][C@@H](O)C2CC2)c(Cl)c1. The van der Waals surface area contributed by atoms with E-state index in [0.717, 1.165) is 19.1 Å². The van der Waals surface area contributed by atoms with Gasteiger partial charge in [-0.25, -0.2) is 8.42 Å². The topological polar surface area (TPSA) is 54.4 Å². The van der Waals surface area contributed by atoms with E-state index in [0.29, 0.717) is 16.5 Å². The number of hydrogen-bond donors (Lipinski definition) is 1. The average Bonchev–Trinajstić information content (AvgIpc) is 3.02. The fourth-order valence-electron chi connectivity index (χ4n) is 1.63. The van der Waals surface area contributed by atoms with Gasteiger partial charge in [-0.15, -0.1) is 0 Å². The van der Waals surface area contributed by atoms with Crippen molar-refractivity contribution < 1.29 is 13.5 Å². The minimum absolute atomic E-state index is 0.195. The standard InChI is InChI=1S/C12H14ClO3S/c1-17(15,16)10-5-4-9(11(13)7-10)6-12(14)8-2-3-8/h4-8,12,14H,2-3H2,1H3/t12-/m1/s1. The molecule has 1 saturated carbocycles. The van der Waals surface area contributed by atoms with Crippen LogP contribution in [0.1, 0.15) is 18.4 Å². The van der Waals surface area contributed by atoms with Gasteiger partial charge in [0, 0.05) is 17.7 Å². The molecule has 0 aliphatic heterocycles. The minimum Gasteiger partial charge on any atom is -0.392 e. The molecular formula is C12H14ClO3S. The van der Waals surface area contributed by atoms with E-state index in [4.69, 9.17) is 11.6 Å². The lowest BCUT2D eigenvalue weighted by molar-refractivity contribution is 0.187. The number of halogens is 1. The molecule has 0 heterocycles. The molecule has 0 spiro atoms. The molecule has 0 amide bonds. The molecule has 2 rings (SSSR count).